The first-order chi connectivity index (χ1) is 5.29. The maximum Gasteiger partial charge on any atom is 0.155 e. The molecule has 2 unspecified atom stereocenters. The van der Waals surface area contributed by atoms with Crippen LogP contribution in [0.4, 0.5) is 0 Å². The fourth-order valence-electron chi connectivity index (χ4n) is 0.996. The lowest BCUT2D eigenvalue weighted by molar-refractivity contribution is 0.759. The summed E-state index contributed by atoms with van der Waals surface area (Å²) in [6, 6.07) is -0.289. The summed E-state index contributed by atoms with van der Waals surface area (Å²) in [5.41, 5.74) is 0. The molecule has 0 aromatic rings. The van der Waals surface area contributed by atoms with Crippen LogP contribution in [-0.2, 0) is 0 Å². The van der Waals surface area contributed by atoms with Crippen molar-refractivity contribution in [3.63, 3.8) is 0 Å². The molecule has 0 aromatic heterocycles. The molecule has 2 atom stereocenters. The molecule has 0 aliphatic carbocycles. The van der Waals surface area contributed by atoms with Gasteiger partial charge in [0.1, 0.15) is 12.1 Å². The monoisotopic (exact) mass is 190 g/mol. The Morgan fingerprint density at radius 3 is 2.73 bits per heavy atom. The Balaban J connectivity index is 2.35. The zero-order valence-electron chi connectivity index (χ0n) is 5.33. The molecule has 0 saturated carbocycles. The molecule has 0 bridgehead atoms. The summed E-state index contributed by atoms with van der Waals surface area (Å²) in [5, 5.41) is 11.0. The van der Waals surface area contributed by atoms with E-state index in [0.29, 0.717) is 10.3 Å². The van der Waals surface area contributed by atoms with Crippen molar-refractivity contribution >= 4 is 39.9 Å². The average Bonchev–Trinajstić information content (AvgIpc) is 2.45. The Morgan fingerprint density at radius 2 is 2.00 bits per heavy atom. The van der Waals surface area contributed by atoms with Crippen molar-refractivity contribution in [1.29, 1.82) is 0 Å². The Hall–Kier alpha value is -0.610. The van der Waals surface area contributed by atoms with Crippen LogP contribution >= 0.6 is 23.2 Å². The third kappa shape index (κ3) is 1.02. The lowest BCUT2D eigenvalue weighted by Crippen LogP contribution is -2.41. The second-order valence-corrected chi connectivity index (χ2v) is 2.99. The maximum absolute atomic E-state index is 5.72. The highest BCUT2D eigenvalue weighted by molar-refractivity contribution is 6.71. The second kappa shape index (κ2) is 2.46. The molecule has 2 aliphatic heterocycles. The van der Waals surface area contributed by atoms with Crippen LogP contribution in [0.25, 0.3) is 0 Å². The summed E-state index contributed by atoms with van der Waals surface area (Å²) < 4.78 is 0. The van der Waals surface area contributed by atoms with Crippen molar-refractivity contribution in [3.8, 4) is 0 Å². The molecule has 0 aromatic carbocycles. The van der Waals surface area contributed by atoms with Crippen LogP contribution in [0.5, 0.6) is 0 Å². The van der Waals surface area contributed by atoms with Gasteiger partial charge in [0, 0.05) is 0 Å². The van der Waals surface area contributed by atoms with E-state index >= 15 is 0 Å². The van der Waals surface area contributed by atoms with E-state index in [1.165, 1.54) is 0 Å². The van der Waals surface area contributed by atoms with E-state index in [0.717, 1.165) is 0 Å². The molecule has 58 valence electrons. The normalized spacial score (nSPS) is 34.0. The van der Waals surface area contributed by atoms with Crippen molar-refractivity contribution in [3.05, 3.63) is 0 Å². The molecule has 6 heteroatoms. The van der Waals surface area contributed by atoms with E-state index in [-0.39, 0.29) is 12.1 Å². The molecule has 2 rings (SSSR count). The molecular weight excluding hydrogens is 187 g/mol. The molecule has 4 nitrogen and oxygen atoms in total. The Morgan fingerprint density at radius 1 is 1.27 bits per heavy atom. The summed E-state index contributed by atoms with van der Waals surface area (Å²) in [5.74, 6) is 0. The summed E-state index contributed by atoms with van der Waals surface area (Å²) in [7, 11) is 0. The number of fused-ring (bicyclic) bond motifs is 1. The van der Waals surface area contributed by atoms with E-state index in [9.17, 15) is 0 Å². The van der Waals surface area contributed by atoms with Crippen LogP contribution in [-0.4, -0.2) is 28.8 Å². The van der Waals surface area contributed by atoms with Gasteiger partial charge in [-0.1, -0.05) is 23.2 Å². The molecule has 11 heavy (non-hydrogen) atoms. The fraction of sp³-hybridized carbons (Fsp3) is 0.400. The fourth-order valence-corrected chi connectivity index (χ4v) is 1.44. The molecular formula is C5H4Cl2N4. The van der Waals surface area contributed by atoms with E-state index < -0.39 is 0 Å². The van der Waals surface area contributed by atoms with Crippen LogP contribution in [0.15, 0.2) is 15.2 Å². The highest BCUT2D eigenvalue weighted by Crippen LogP contribution is 2.17. The summed E-state index contributed by atoms with van der Waals surface area (Å²) in [6.45, 7) is 0. The number of aliphatic imine (C=N–C) groups is 1. The Kier molecular flexibility index (Phi) is 1.58. The number of hydrogen-bond donors (Lipinski definition) is 1. The van der Waals surface area contributed by atoms with Crippen molar-refractivity contribution in [1.82, 2.24) is 5.32 Å². The lowest BCUT2D eigenvalue weighted by atomic mass is 10.1. The topological polar surface area (TPSA) is 49.1 Å². The van der Waals surface area contributed by atoms with Gasteiger partial charge >= 0.3 is 0 Å². The highest BCUT2D eigenvalue weighted by Gasteiger charge is 2.34. The molecule has 0 radical (unpaired) electrons. The molecule has 0 fully saturated rings. The first kappa shape index (κ1) is 7.06. The quantitative estimate of drug-likeness (QED) is 0.597. The summed E-state index contributed by atoms with van der Waals surface area (Å²) in [4.78, 5) is 4.03. The molecule has 0 saturated heterocycles. The van der Waals surface area contributed by atoms with Gasteiger partial charge in [-0.3, -0.25) is 4.99 Å². The summed E-state index contributed by atoms with van der Waals surface area (Å²) >= 11 is 11.4. The van der Waals surface area contributed by atoms with Crippen molar-refractivity contribution in [2.75, 3.05) is 0 Å². The standard InChI is InChI=1S/C5H4Cl2N4/c6-4-2-3(9-1-8-2)5(7)11-10-4/h1-3H,(H,8,9). The highest BCUT2D eigenvalue weighted by atomic mass is 35.5. The molecule has 1 N–H and O–H groups in total. The van der Waals surface area contributed by atoms with Crippen LogP contribution in [0.2, 0.25) is 0 Å². The number of nitrogens with zero attached hydrogens (tertiary/aromatic N) is 3. The van der Waals surface area contributed by atoms with Crippen molar-refractivity contribution < 1.29 is 0 Å². The van der Waals surface area contributed by atoms with Crippen molar-refractivity contribution in [2.45, 2.75) is 12.1 Å². The van der Waals surface area contributed by atoms with E-state index in [1.54, 1.807) is 6.34 Å². The SMILES string of the molecule is ClC1=NN=C(Cl)C2NC=NC12. The smallest absolute Gasteiger partial charge is 0.155 e. The van der Waals surface area contributed by atoms with Gasteiger partial charge in [-0.15, -0.1) is 10.2 Å². The van der Waals surface area contributed by atoms with Gasteiger partial charge in [-0.25, -0.2) is 0 Å². The molecule has 2 heterocycles. The lowest BCUT2D eigenvalue weighted by Gasteiger charge is -2.17. The van der Waals surface area contributed by atoms with Gasteiger partial charge in [0.2, 0.25) is 0 Å². The minimum Gasteiger partial charge on any atom is -0.365 e. The van der Waals surface area contributed by atoms with Crippen molar-refractivity contribution in [2.24, 2.45) is 15.2 Å². The first-order valence-corrected chi connectivity index (χ1v) is 3.79. The van der Waals surface area contributed by atoms with Crippen LogP contribution < -0.4 is 5.32 Å². The third-order valence-corrected chi connectivity index (χ3v) is 2.16. The maximum atomic E-state index is 5.72. The summed E-state index contributed by atoms with van der Waals surface area (Å²) in [6.07, 6.45) is 1.57. The number of rotatable bonds is 0. The van der Waals surface area contributed by atoms with E-state index in [1.807, 2.05) is 0 Å². The zero-order chi connectivity index (χ0) is 7.84. The average molecular weight is 191 g/mol. The number of halogens is 2. The molecule has 0 amide bonds. The minimum absolute atomic E-state index is 0.110. The first-order valence-electron chi connectivity index (χ1n) is 3.03. The van der Waals surface area contributed by atoms with E-state index in [2.05, 4.69) is 20.5 Å². The number of nitrogens with one attached hydrogen (secondary N) is 1. The largest absolute Gasteiger partial charge is 0.365 e. The Labute approximate surface area is 73.0 Å². The van der Waals surface area contributed by atoms with Crippen LogP contribution in [0.1, 0.15) is 0 Å². The van der Waals surface area contributed by atoms with Gasteiger partial charge in [0.25, 0.3) is 0 Å². The van der Waals surface area contributed by atoms with Gasteiger partial charge in [0.05, 0.1) is 6.34 Å². The van der Waals surface area contributed by atoms with Gasteiger partial charge in [-0.2, -0.15) is 0 Å². The predicted octanol–water partition coefficient (Wildman–Crippen LogP) is 0.558. The Bertz CT molecular complexity index is 270. The second-order valence-electron chi connectivity index (χ2n) is 2.21. The number of hydrogen-bond acceptors (Lipinski definition) is 4. The predicted molar refractivity (Wildman–Crippen MR) is 45.8 cm³/mol. The third-order valence-electron chi connectivity index (χ3n) is 1.55. The van der Waals surface area contributed by atoms with Crippen LogP contribution in [0, 0.1) is 0 Å². The van der Waals surface area contributed by atoms with E-state index in [4.69, 9.17) is 23.2 Å². The van der Waals surface area contributed by atoms with Crippen LogP contribution in [0.3, 0.4) is 0 Å². The minimum atomic E-state index is -0.179. The molecule has 2 aliphatic rings. The van der Waals surface area contributed by atoms with Gasteiger partial charge < -0.3 is 5.32 Å². The van der Waals surface area contributed by atoms with Gasteiger partial charge in [0.15, 0.2) is 10.3 Å². The molecule has 0 spiro atoms. The zero-order valence-corrected chi connectivity index (χ0v) is 6.84. The van der Waals surface area contributed by atoms with Gasteiger partial charge in [-0.05, 0) is 0 Å².